The average molecular weight is 526 g/mol. The zero-order valence-corrected chi connectivity index (χ0v) is 22.5. The van der Waals surface area contributed by atoms with Gasteiger partial charge >= 0.3 is 0 Å². The molecular formula is C30H39NO7. The maximum absolute atomic E-state index is 5.91. The topological polar surface area (TPSA) is 76.6 Å². The minimum Gasteiger partial charge on any atom is -0.497 e. The van der Waals surface area contributed by atoms with Crippen molar-refractivity contribution in [1.82, 2.24) is 5.32 Å². The lowest BCUT2D eigenvalue weighted by atomic mass is 9.98. The SMILES string of the molecule is CNC(c1cc(OC)cc(OC)c1)c1cccc(OCCOCCOCCOCCOc2ccccc2)c1. The van der Waals surface area contributed by atoms with E-state index in [4.69, 9.17) is 33.2 Å². The highest BCUT2D eigenvalue weighted by Crippen LogP contribution is 2.31. The molecule has 0 bridgehead atoms. The maximum Gasteiger partial charge on any atom is 0.122 e. The fourth-order valence-electron chi connectivity index (χ4n) is 3.80. The number of nitrogens with one attached hydrogen (secondary N) is 1. The Bertz CT molecular complexity index is 1030. The molecule has 0 amide bonds. The van der Waals surface area contributed by atoms with Crippen LogP contribution in [0, 0.1) is 0 Å². The molecule has 0 aromatic heterocycles. The van der Waals surface area contributed by atoms with E-state index >= 15 is 0 Å². The fraction of sp³-hybridized carbons (Fsp3) is 0.400. The Morgan fingerprint density at radius 2 is 1.03 bits per heavy atom. The molecule has 0 fully saturated rings. The minimum atomic E-state index is -0.0451. The summed E-state index contributed by atoms with van der Waals surface area (Å²) < 4.78 is 39.0. The van der Waals surface area contributed by atoms with Crippen LogP contribution in [0.15, 0.2) is 72.8 Å². The quantitative estimate of drug-likeness (QED) is 0.229. The molecule has 0 saturated carbocycles. The van der Waals surface area contributed by atoms with Crippen LogP contribution >= 0.6 is 0 Å². The van der Waals surface area contributed by atoms with Gasteiger partial charge in [0.05, 0.1) is 59.9 Å². The monoisotopic (exact) mass is 525 g/mol. The van der Waals surface area contributed by atoms with E-state index in [-0.39, 0.29) is 6.04 Å². The van der Waals surface area contributed by atoms with E-state index < -0.39 is 0 Å². The van der Waals surface area contributed by atoms with E-state index in [1.54, 1.807) is 14.2 Å². The highest BCUT2D eigenvalue weighted by atomic mass is 16.6. The Labute approximate surface area is 225 Å². The highest BCUT2D eigenvalue weighted by Gasteiger charge is 2.15. The number of rotatable bonds is 19. The number of benzene rings is 3. The third kappa shape index (κ3) is 10.2. The first kappa shape index (κ1) is 29.3. The maximum atomic E-state index is 5.91. The molecule has 1 atom stereocenters. The zero-order valence-electron chi connectivity index (χ0n) is 22.5. The molecule has 3 rings (SSSR count). The van der Waals surface area contributed by atoms with Crippen molar-refractivity contribution >= 4 is 0 Å². The third-order valence-electron chi connectivity index (χ3n) is 5.67. The second-order valence-electron chi connectivity index (χ2n) is 8.29. The van der Waals surface area contributed by atoms with Crippen molar-refractivity contribution < 1.29 is 33.2 Å². The Morgan fingerprint density at radius 3 is 1.58 bits per heavy atom. The van der Waals surface area contributed by atoms with Crippen LogP contribution in [-0.4, -0.2) is 74.1 Å². The standard InChI is InChI=1S/C30H39NO7/c1-31-30(25-21-28(32-2)23-29(22-25)33-3)24-8-7-11-27(20-24)38-19-17-36-15-13-34-12-14-35-16-18-37-26-9-5-4-6-10-26/h4-11,20-23,30-31H,12-19H2,1-3H3. The molecule has 0 radical (unpaired) electrons. The molecule has 8 heteroatoms. The Balaban J connectivity index is 1.28. The predicted octanol–water partition coefficient (Wildman–Crippen LogP) is 4.52. The fourth-order valence-corrected chi connectivity index (χ4v) is 3.80. The molecule has 206 valence electrons. The molecule has 3 aromatic carbocycles. The first-order valence-electron chi connectivity index (χ1n) is 12.8. The number of para-hydroxylation sites is 1. The summed E-state index contributed by atoms with van der Waals surface area (Å²) in [6.07, 6.45) is 0. The van der Waals surface area contributed by atoms with Gasteiger partial charge in [0.15, 0.2) is 0 Å². The molecule has 0 saturated heterocycles. The van der Waals surface area contributed by atoms with Crippen LogP contribution in [-0.2, 0) is 14.2 Å². The van der Waals surface area contributed by atoms with E-state index in [1.165, 1.54) is 0 Å². The Morgan fingerprint density at radius 1 is 0.526 bits per heavy atom. The lowest BCUT2D eigenvalue weighted by Gasteiger charge is -2.20. The normalized spacial score (nSPS) is 11.7. The number of hydrogen-bond acceptors (Lipinski definition) is 8. The molecule has 0 spiro atoms. The summed E-state index contributed by atoms with van der Waals surface area (Å²) in [6, 6.07) is 23.5. The zero-order chi connectivity index (χ0) is 26.8. The minimum absolute atomic E-state index is 0.0451. The van der Waals surface area contributed by atoms with Gasteiger partial charge in [-0.15, -0.1) is 0 Å². The summed E-state index contributed by atoms with van der Waals surface area (Å²) in [5, 5.41) is 3.37. The van der Waals surface area contributed by atoms with Crippen LogP contribution in [0.5, 0.6) is 23.0 Å². The van der Waals surface area contributed by atoms with Crippen LogP contribution in [0.1, 0.15) is 17.2 Å². The first-order valence-corrected chi connectivity index (χ1v) is 12.8. The second-order valence-corrected chi connectivity index (χ2v) is 8.29. The van der Waals surface area contributed by atoms with Gasteiger partial charge in [-0.25, -0.2) is 0 Å². The summed E-state index contributed by atoms with van der Waals surface area (Å²) in [5.74, 6) is 3.12. The lowest BCUT2D eigenvalue weighted by Crippen LogP contribution is -2.18. The van der Waals surface area contributed by atoms with Gasteiger partial charge in [0, 0.05) is 6.07 Å². The molecule has 0 aliphatic carbocycles. The van der Waals surface area contributed by atoms with Crippen molar-refractivity contribution in [3.05, 3.63) is 83.9 Å². The van der Waals surface area contributed by atoms with Crippen LogP contribution in [0.3, 0.4) is 0 Å². The molecular weight excluding hydrogens is 486 g/mol. The molecule has 1 unspecified atom stereocenters. The first-order chi connectivity index (χ1) is 18.7. The third-order valence-corrected chi connectivity index (χ3v) is 5.67. The van der Waals surface area contributed by atoms with Crippen LogP contribution in [0.25, 0.3) is 0 Å². The molecule has 0 aliphatic rings. The van der Waals surface area contributed by atoms with Gasteiger partial charge in [0.25, 0.3) is 0 Å². The van der Waals surface area contributed by atoms with Crippen molar-refractivity contribution in [3.63, 3.8) is 0 Å². The average Bonchev–Trinajstić information content (AvgIpc) is 2.96. The largest absolute Gasteiger partial charge is 0.497 e. The predicted molar refractivity (Wildman–Crippen MR) is 147 cm³/mol. The van der Waals surface area contributed by atoms with Gasteiger partial charge in [0.2, 0.25) is 0 Å². The Kier molecular flexibility index (Phi) is 13.3. The van der Waals surface area contributed by atoms with Gasteiger partial charge in [-0.1, -0.05) is 30.3 Å². The molecule has 0 heterocycles. The summed E-state index contributed by atoms with van der Waals surface area (Å²) >= 11 is 0. The molecule has 0 aliphatic heterocycles. The Hall–Kier alpha value is -3.30. The van der Waals surface area contributed by atoms with Gasteiger partial charge in [0.1, 0.15) is 36.2 Å². The van der Waals surface area contributed by atoms with Gasteiger partial charge in [-0.2, -0.15) is 0 Å². The number of hydrogen-bond donors (Lipinski definition) is 1. The summed E-state index contributed by atoms with van der Waals surface area (Å²) in [4.78, 5) is 0. The van der Waals surface area contributed by atoms with Crippen LogP contribution in [0.2, 0.25) is 0 Å². The van der Waals surface area contributed by atoms with E-state index in [9.17, 15) is 0 Å². The molecule has 38 heavy (non-hydrogen) atoms. The van der Waals surface area contributed by atoms with Gasteiger partial charge in [-0.3, -0.25) is 0 Å². The van der Waals surface area contributed by atoms with E-state index in [0.29, 0.717) is 52.9 Å². The smallest absolute Gasteiger partial charge is 0.122 e. The molecule has 8 nitrogen and oxygen atoms in total. The highest BCUT2D eigenvalue weighted by molar-refractivity contribution is 5.44. The van der Waals surface area contributed by atoms with Gasteiger partial charge < -0.3 is 38.5 Å². The van der Waals surface area contributed by atoms with E-state index in [0.717, 1.165) is 34.1 Å². The number of ether oxygens (including phenoxy) is 7. The van der Waals surface area contributed by atoms with Crippen molar-refractivity contribution in [3.8, 4) is 23.0 Å². The van der Waals surface area contributed by atoms with Crippen molar-refractivity contribution in [2.45, 2.75) is 6.04 Å². The molecule has 3 aromatic rings. The van der Waals surface area contributed by atoms with Crippen LogP contribution in [0.4, 0.5) is 0 Å². The van der Waals surface area contributed by atoms with Gasteiger partial charge in [-0.05, 0) is 54.6 Å². The summed E-state index contributed by atoms with van der Waals surface area (Å²) in [6.45, 7) is 4.01. The second kappa shape index (κ2) is 17.3. The lowest BCUT2D eigenvalue weighted by molar-refractivity contribution is 0.00498. The van der Waals surface area contributed by atoms with E-state index in [2.05, 4.69) is 11.4 Å². The van der Waals surface area contributed by atoms with Crippen molar-refractivity contribution in [1.29, 1.82) is 0 Å². The summed E-state index contributed by atoms with van der Waals surface area (Å²) in [5.41, 5.74) is 2.11. The molecule has 1 N–H and O–H groups in total. The van der Waals surface area contributed by atoms with Crippen LogP contribution < -0.4 is 24.3 Å². The number of methoxy groups -OCH3 is 2. The van der Waals surface area contributed by atoms with Crippen molar-refractivity contribution in [2.24, 2.45) is 0 Å². The van der Waals surface area contributed by atoms with E-state index in [1.807, 2.05) is 73.8 Å². The summed E-state index contributed by atoms with van der Waals surface area (Å²) in [7, 11) is 5.22. The van der Waals surface area contributed by atoms with Crippen molar-refractivity contribution in [2.75, 3.05) is 74.1 Å².